The van der Waals surface area contributed by atoms with Gasteiger partial charge in [0.1, 0.15) is 0 Å². The van der Waals surface area contributed by atoms with E-state index in [1.54, 1.807) is 0 Å². The van der Waals surface area contributed by atoms with Gasteiger partial charge < -0.3 is 10.0 Å². The first-order chi connectivity index (χ1) is 15.4. The maximum Gasteiger partial charge on any atom is 0.303 e. The maximum absolute atomic E-state index is 12.9. The second-order valence-electron chi connectivity index (χ2n) is 8.98. The number of carbonyl (C=O) groups is 2. The number of hydrogen-bond donors (Lipinski definition) is 1. The van der Waals surface area contributed by atoms with Crippen molar-refractivity contribution in [2.75, 3.05) is 13.1 Å². The SMILES string of the molecule is CC1CCN(C(=O)c2ccc3nc(-c4ccccc4)c(CC[C@H](C)CC(=O)O)nc3c2)C1. The van der Waals surface area contributed by atoms with Gasteiger partial charge in [0.15, 0.2) is 0 Å². The van der Waals surface area contributed by atoms with E-state index in [0.29, 0.717) is 29.8 Å². The average molecular weight is 432 g/mol. The number of carboxylic acids is 1. The molecule has 32 heavy (non-hydrogen) atoms. The van der Waals surface area contributed by atoms with Gasteiger partial charge >= 0.3 is 5.97 Å². The molecule has 1 amide bonds. The zero-order chi connectivity index (χ0) is 22.7. The molecule has 6 heteroatoms. The number of carboxylic acid groups (broad SMARTS) is 1. The molecule has 6 nitrogen and oxygen atoms in total. The van der Waals surface area contributed by atoms with Crippen LogP contribution in [0.2, 0.25) is 0 Å². The van der Waals surface area contributed by atoms with Crippen LogP contribution in [0.1, 0.15) is 49.2 Å². The van der Waals surface area contributed by atoms with Gasteiger partial charge in [-0.2, -0.15) is 0 Å². The minimum absolute atomic E-state index is 0.0405. The molecule has 1 unspecified atom stereocenters. The van der Waals surface area contributed by atoms with Crippen LogP contribution in [0.15, 0.2) is 48.5 Å². The predicted octanol–water partition coefficient (Wildman–Crippen LogP) is 4.82. The summed E-state index contributed by atoms with van der Waals surface area (Å²) in [5.41, 5.74) is 4.71. The first-order valence-electron chi connectivity index (χ1n) is 11.3. The highest BCUT2D eigenvalue weighted by Gasteiger charge is 2.24. The second-order valence-corrected chi connectivity index (χ2v) is 8.98. The molecule has 1 aromatic heterocycles. The topological polar surface area (TPSA) is 83.4 Å². The smallest absolute Gasteiger partial charge is 0.303 e. The van der Waals surface area contributed by atoms with E-state index in [0.717, 1.165) is 42.0 Å². The zero-order valence-corrected chi connectivity index (χ0v) is 18.6. The quantitative estimate of drug-likeness (QED) is 0.580. The van der Waals surface area contributed by atoms with Crippen LogP contribution in [0.3, 0.4) is 0 Å². The molecule has 2 atom stereocenters. The van der Waals surface area contributed by atoms with E-state index in [2.05, 4.69) is 6.92 Å². The van der Waals surface area contributed by atoms with Gasteiger partial charge in [0.05, 0.1) is 22.4 Å². The molecule has 2 aromatic carbocycles. The molecule has 3 aromatic rings. The fraction of sp³-hybridized carbons (Fsp3) is 0.385. The Hall–Kier alpha value is -3.28. The third-order valence-electron chi connectivity index (χ3n) is 6.14. The van der Waals surface area contributed by atoms with Crippen molar-refractivity contribution in [3.8, 4) is 11.3 Å². The van der Waals surface area contributed by atoms with Crippen molar-refractivity contribution in [2.45, 2.75) is 39.5 Å². The minimum Gasteiger partial charge on any atom is -0.481 e. The largest absolute Gasteiger partial charge is 0.481 e. The van der Waals surface area contributed by atoms with Gasteiger partial charge in [0, 0.05) is 30.6 Å². The summed E-state index contributed by atoms with van der Waals surface area (Å²) in [7, 11) is 0. The molecular weight excluding hydrogens is 402 g/mol. The van der Waals surface area contributed by atoms with E-state index >= 15 is 0 Å². The number of benzene rings is 2. The molecule has 0 radical (unpaired) electrons. The van der Waals surface area contributed by atoms with Gasteiger partial charge in [-0.1, -0.05) is 44.2 Å². The van der Waals surface area contributed by atoms with E-state index < -0.39 is 5.97 Å². The van der Waals surface area contributed by atoms with E-state index in [-0.39, 0.29) is 18.2 Å². The molecule has 1 N–H and O–H groups in total. The standard InChI is InChI=1S/C26H29N3O3/c1-17(14-24(30)31)8-10-22-25(19-6-4-3-5-7-19)28-21-11-9-20(15-23(21)27-22)26(32)29-13-12-18(2)16-29/h3-7,9,11,15,17-18H,8,10,12-14,16H2,1-2H3,(H,30,31)/t17-,18?/m0/s1. The molecule has 0 spiro atoms. The molecule has 1 aliphatic heterocycles. The van der Waals surface area contributed by atoms with Crippen molar-refractivity contribution in [1.82, 2.24) is 14.9 Å². The summed E-state index contributed by atoms with van der Waals surface area (Å²) in [5.74, 6) is -0.169. The zero-order valence-electron chi connectivity index (χ0n) is 18.6. The van der Waals surface area contributed by atoms with Crippen molar-refractivity contribution in [2.24, 2.45) is 11.8 Å². The Morgan fingerprint density at radius 1 is 1.12 bits per heavy atom. The van der Waals surface area contributed by atoms with Gasteiger partial charge in [-0.3, -0.25) is 9.59 Å². The molecule has 0 saturated carbocycles. The molecular formula is C26H29N3O3. The fourth-order valence-electron chi connectivity index (χ4n) is 4.31. The predicted molar refractivity (Wildman–Crippen MR) is 124 cm³/mol. The summed E-state index contributed by atoms with van der Waals surface area (Å²) >= 11 is 0. The average Bonchev–Trinajstić information content (AvgIpc) is 3.22. The summed E-state index contributed by atoms with van der Waals surface area (Å²) in [4.78, 5) is 35.7. The van der Waals surface area contributed by atoms with E-state index in [4.69, 9.17) is 15.1 Å². The van der Waals surface area contributed by atoms with Crippen molar-refractivity contribution in [1.29, 1.82) is 0 Å². The molecule has 0 aliphatic carbocycles. The van der Waals surface area contributed by atoms with Crippen LogP contribution in [0.25, 0.3) is 22.3 Å². The summed E-state index contributed by atoms with van der Waals surface area (Å²) in [6.07, 6.45) is 2.51. The Balaban J connectivity index is 1.68. The first-order valence-corrected chi connectivity index (χ1v) is 11.3. The highest BCUT2D eigenvalue weighted by atomic mass is 16.4. The van der Waals surface area contributed by atoms with E-state index in [1.165, 1.54) is 0 Å². The Morgan fingerprint density at radius 3 is 2.59 bits per heavy atom. The maximum atomic E-state index is 12.9. The van der Waals surface area contributed by atoms with Crippen LogP contribution < -0.4 is 0 Å². The lowest BCUT2D eigenvalue weighted by Crippen LogP contribution is -2.28. The number of nitrogens with zero attached hydrogens (tertiary/aromatic N) is 3. The van der Waals surface area contributed by atoms with Crippen LogP contribution >= 0.6 is 0 Å². The van der Waals surface area contributed by atoms with Gasteiger partial charge in [-0.25, -0.2) is 9.97 Å². The summed E-state index contributed by atoms with van der Waals surface area (Å²) in [6, 6.07) is 15.5. The normalized spacial score (nSPS) is 16.9. The number of hydrogen-bond acceptors (Lipinski definition) is 4. The first kappa shape index (κ1) is 21.9. The van der Waals surface area contributed by atoms with Crippen LogP contribution in [0, 0.1) is 11.8 Å². The minimum atomic E-state index is -0.787. The third-order valence-corrected chi connectivity index (χ3v) is 6.14. The Bertz CT molecular complexity index is 1130. The molecule has 1 aliphatic rings. The van der Waals surface area contributed by atoms with Gasteiger partial charge in [-0.15, -0.1) is 0 Å². The summed E-state index contributed by atoms with van der Waals surface area (Å²) in [5, 5.41) is 9.08. The van der Waals surface area contributed by atoms with Gasteiger partial charge in [0.25, 0.3) is 5.91 Å². The second kappa shape index (κ2) is 9.47. The highest BCUT2D eigenvalue weighted by molar-refractivity contribution is 5.97. The molecule has 166 valence electrons. The number of aliphatic carboxylic acids is 1. The van der Waals surface area contributed by atoms with Crippen molar-refractivity contribution < 1.29 is 14.7 Å². The number of aromatic nitrogens is 2. The number of amides is 1. The highest BCUT2D eigenvalue weighted by Crippen LogP contribution is 2.27. The molecule has 2 heterocycles. The summed E-state index contributed by atoms with van der Waals surface area (Å²) in [6.45, 7) is 5.70. The van der Waals surface area contributed by atoms with Crippen molar-refractivity contribution >= 4 is 22.9 Å². The third kappa shape index (κ3) is 4.96. The van der Waals surface area contributed by atoms with Gasteiger partial charge in [0.2, 0.25) is 0 Å². The molecule has 4 rings (SSSR count). The number of rotatable bonds is 7. The lowest BCUT2D eigenvalue weighted by atomic mass is 9.98. The van der Waals surface area contributed by atoms with Crippen molar-refractivity contribution in [3.05, 3.63) is 59.8 Å². The van der Waals surface area contributed by atoms with Gasteiger partial charge in [-0.05, 0) is 49.3 Å². The molecule has 1 saturated heterocycles. The number of likely N-dealkylation sites (tertiary alicyclic amines) is 1. The summed E-state index contributed by atoms with van der Waals surface area (Å²) < 4.78 is 0. The monoisotopic (exact) mass is 431 g/mol. The Labute approximate surface area is 188 Å². The fourth-order valence-corrected chi connectivity index (χ4v) is 4.31. The van der Waals surface area contributed by atoms with Crippen molar-refractivity contribution in [3.63, 3.8) is 0 Å². The molecule has 1 fully saturated rings. The number of aryl methyl sites for hydroxylation is 1. The van der Waals surface area contributed by atoms with Crippen LogP contribution in [0.4, 0.5) is 0 Å². The lowest BCUT2D eigenvalue weighted by Gasteiger charge is -2.17. The van der Waals surface area contributed by atoms with Crippen LogP contribution in [-0.4, -0.2) is 44.9 Å². The van der Waals surface area contributed by atoms with E-state index in [1.807, 2.05) is 60.4 Å². The number of carbonyl (C=O) groups excluding carboxylic acids is 1. The van der Waals surface area contributed by atoms with Crippen LogP contribution in [-0.2, 0) is 11.2 Å². The Kier molecular flexibility index (Phi) is 6.49. The van der Waals surface area contributed by atoms with E-state index in [9.17, 15) is 9.59 Å². The van der Waals surface area contributed by atoms with Crippen LogP contribution in [0.5, 0.6) is 0 Å². The number of fused-ring (bicyclic) bond motifs is 1. The molecule has 0 bridgehead atoms. The Morgan fingerprint density at radius 2 is 1.91 bits per heavy atom. The lowest BCUT2D eigenvalue weighted by molar-refractivity contribution is -0.138.